The molecule has 1 aromatic carbocycles. The highest BCUT2D eigenvalue weighted by Crippen LogP contribution is 2.29. The summed E-state index contributed by atoms with van der Waals surface area (Å²) < 4.78 is 7.10. The van der Waals surface area contributed by atoms with E-state index in [0.29, 0.717) is 5.02 Å². The van der Waals surface area contributed by atoms with Crippen LogP contribution in [0.1, 0.15) is 19.8 Å². The summed E-state index contributed by atoms with van der Waals surface area (Å²) in [4.78, 5) is 18.8. The van der Waals surface area contributed by atoms with E-state index in [4.69, 9.17) is 16.3 Å². The number of anilines is 1. The summed E-state index contributed by atoms with van der Waals surface area (Å²) in [5.74, 6) is -0.208. The summed E-state index contributed by atoms with van der Waals surface area (Å²) >= 11 is 7.50. The van der Waals surface area contributed by atoms with Crippen molar-refractivity contribution in [1.29, 1.82) is 0 Å². The van der Waals surface area contributed by atoms with Gasteiger partial charge in [0.05, 0.1) is 11.9 Å². The number of hydrogen-bond acceptors (Lipinski definition) is 6. The summed E-state index contributed by atoms with van der Waals surface area (Å²) in [7, 11) is 0. The normalized spacial score (nSPS) is 15.7. The topological polar surface area (TPSA) is 59.7 Å². The number of halogens is 1. The molecule has 0 unspecified atom stereocenters. The lowest BCUT2D eigenvalue weighted by Gasteiger charge is -2.30. The third kappa shape index (κ3) is 3.48. The van der Waals surface area contributed by atoms with Crippen LogP contribution >= 0.6 is 22.9 Å². The standard InChI is InChI=1S/C17H17ClN4O2S/c1-11(23)24-14-6-8-21(9-7-14)17-20-22-10-15(19-16(22)25-17)12-2-4-13(18)5-3-12/h2-5,10,14H,6-9H2,1H3. The Hall–Kier alpha value is -2.12. The molecule has 0 radical (unpaired) electrons. The average Bonchev–Trinajstić information content (AvgIpc) is 3.14. The van der Waals surface area contributed by atoms with Crippen LogP contribution in [0.5, 0.6) is 0 Å². The highest BCUT2D eigenvalue weighted by atomic mass is 35.5. The van der Waals surface area contributed by atoms with Crippen molar-refractivity contribution in [2.24, 2.45) is 0 Å². The van der Waals surface area contributed by atoms with Gasteiger partial charge < -0.3 is 9.64 Å². The van der Waals surface area contributed by atoms with E-state index in [1.807, 2.05) is 35.0 Å². The first-order valence-electron chi connectivity index (χ1n) is 8.13. The summed E-state index contributed by atoms with van der Waals surface area (Å²) in [6, 6.07) is 7.62. The Balaban J connectivity index is 1.48. The lowest BCUT2D eigenvalue weighted by molar-refractivity contribution is -0.147. The molecule has 8 heteroatoms. The summed E-state index contributed by atoms with van der Waals surface area (Å²) in [5, 5.41) is 6.31. The van der Waals surface area contributed by atoms with Gasteiger partial charge in [-0.15, -0.1) is 5.10 Å². The average molecular weight is 377 g/mol. The molecule has 6 nitrogen and oxygen atoms in total. The first-order valence-corrected chi connectivity index (χ1v) is 9.32. The van der Waals surface area contributed by atoms with Gasteiger partial charge in [0.25, 0.3) is 0 Å². The molecular weight excluding hydrogens is 360 g/mol. The van der Waals surface area contributed by atoms with Crippen molar-refractivity contribution in [1.82, 2.24) is 14.6 Å². The van der Waals surface area contributed by atoms with Crippen LogP contribution in [0.2, 0.25) is 5.02 Å². The zero-order valence-electron chi connectivity index (χ0n) is 13.7. The van der Waals surface area contributed by atoms with Crippen molar-refractivity contribution < 1.29 is 9.53 Å². The maximum atomic E-state index is 11.0. The van der Waals surface area contributed by atoms with E-state index in [9.17, 15) is 4.79 Å². The Bertz CT molecular complexity index is 866. The molecule has 0 spiro atoms. The molecular formula is C17H17ClN4O2S. The van der Waals surface area contributed by atoms with Gasteiger partial charge in [0.2, 0.25) is 10.1 Å². The van der Waals surface area contributed by atoms with Crippen LogP contribution in [0, 0.1) is 0 Å². The molecule has 1 aliphatic rings. The fourth-order valence-electron chi connectivity index (χ4n) is 2.98. The van der Waals surface area contributed by atoms with Gasteiger partial charge in [0.1, 0.15) is 6.10 Å². The number of esters is 1. The van der Waals surface area contributed by atoms with E-state index in [2.05, 4.69) is 15.0 Å². The second kappa shape index (κ2) is 6.65. The summed E-state index contributed by atoms with van der Waals surface area (Å²) in [5.41, 5.74) is 1.90. The first kappa shape index (κ1) is 16.4. The number of imidazole rings is 1. The van der Waals surface area contributed by atoms with Crippen LogP contribution in [-0.2, 0) is 9.53 Å². The summed E-state index contributed by atoms with van der Waals surface area (Å²) in [6.07, 6.45) is 3.62. The highest BCUT2D eigenvalue weighted by Gasteiger charge is 2.24. The zero-order valence-corrected chi connectivity index (χ0v) is 15.3. The van der Waals surface area contributed by atoms with E-state index in [1.54, 1.807) is 11.3 Å². The van der Waals surface area contributed by atoms with Crippen molar-refractivity contribution in [3.05, 3.63) is 35.5 Å². The van der Waals surface area contributed by atoms with Crippen LogP contribution in [0.15, 0.2) is 30.5 Å². The predicted octanol–water partition coefficient (Wildman–Crippen LogP) is 3.64. The van der Waals surface area contributed by atoms with Crippen LogP contribution in [0.3, 0.4) is 0 Å². The Labute approximate surface area is 154 Å². The number of ether oxygens (including phenoxy) is 1. The fraction of sp³-hybridized carbons (Fsp3) is 0.353. The van der Waals surface area contributed by atoms with E-state index in [0.717, 1.165) is 47.3 Å². The molecule has 1 fully saturated rings. The minimum Gasteiger partial charge on any atom is -0.462 e. The molecule has 4 rings (SSSR count). The Morgan fingerprint density at radius 1 is 1.28 bits per heavy atom. The third-order valence-electron chi connectivity index (χ3n) is 4.22. The maximum Gasteiger partial charge on any atom is 0.302 e. The molecule has 0 bridgehead atoms. The predicted molar refractivity (Wildman–Crippen MR) is 98.3 cm³/mol. The molecule has 1 aliphatic heterocycles. The molecule has 130 valence electrons. The van der Waals surface area contributed by atoms with E-state index >= 15 is 0 Å². The lowest BCUT2D eigenvalue weighted by Crippen LogP contribution is -2.37. The zero-order chi connectivity index (χ0) is 17.4. The van der Waals surface area contributed by atoms with Crippen molar-refractivity contribution >= 4 is 39.0 Å². The van der Waals surface area contributed by atoms with Gasteiger partial charge in [-0.1, -0.05) is 35.1 Å². The number of nitrogens with zero attached hydrogens (tertiary/aromatic N) is 4. The number of aromatic nitrogens is 3. The number of carbonyl (C=O) groups excluding carboxylic acids is 1. The van der Waals surface area contributed by atoms with Crippen LogP contribution in [0.25, 0.3) is 16.2 Å². The fourth-order valence-corrected chi connectivity index (χ4v) is 4.04. The Morgan fingerprint density at radius 2 is 2.00 bits per heavy atom. The van der Waals surface area contributed by atoms with Gasteiger partial charge in [-0.25, -0.2) is 9.50 Å². The molecule has 25 heavy (non-hydrogen) atoms. The van der Waals surface area contributed by atoms with Crippen LogP contribution in [0.4, 0.5) is 5.13 Å². The molecule has 0 atom stereocenters. The monoisotopic (exact) mass is 376 g/mol. The number of rotatable bonds is 3. The molecule has 0 amide bonds. The molecule has 0 aliphatic carbocycles. The second-order valence-electron chi connectivity index (χ2n) is 6.04. The van der Waals surface area contributed by atoms with Crippen molar-refractivity contribution in [3.8, 4) is 11.3 Å². The minimum atomic E-state index is -0.208. The molecule has 3 heterocycles. The van der Waals surface area contributed by atoms with Gasteiger partial charge in [-0.2, -0.15) is 0 Å². The van der Waals surface area contributed by atoms with Gasteiger partial charge >= 0.3 is 5.97 Å². The first-order chi connectivity index (χ1) is 12.1. The Kier molecular flexibility index (Phi) is 4.35. The number of piperidine rings is 1. The summed E-state index contributed by atoms with van der Waals surface area (Å²) in [6.45, 7) is 3.12. The number of benzene rings is 1. The number of fused-ring (bicyclic) bond motifs is 1. The van der Waals surface area contributed by atoms with Gasteiger partial charge in [0.15, 0.2) is 0 Å². The Morgan fingerprint density at radius 3 is 2.64 bits per heavy atom. The van der Waals surface area contributed by atoms with Gasteiger partial charge in [-0.3, -0.25) is 4.79 Å². The highest BCUT2D eigenvalue weighted by molar-refractivity contribution is 7.20. The van der Waals surface area contributed by atoms with E-state index in [1.165, 1.54) is 6.92 Å². The van der Waals surface area contributed by atoms with E-state index in [-0.39, 0.29) is 12.1 Å². The number of carbonyl (C=O) groups is 1. The molecule has 1 saturated heterocycles. The lowest BCUT2D eigenvalue weighted by atomic mass is 10.1. The number of hydrogen-bond donors (Lipinski definition) is 0. The van der Waals surface area contributed by atoms with Crippen molar-refractivity contribution in [3.63, 3.8) is 0 Å². The molecule has 3 aromatic rings. The minimum absolute atomic E-state index is 0.0225. The van der Waals surface area contributed by atoms with Gasteiger partial charge in [-0.05, 0) is 12.1 Å². The quantitative estimate of drug-likeness (QED) is 0.653. The van der Waals surface area contributed by atoms with Crippen molar-refractivity contribution in [2.75, 3.05) is 18.0 Å². The molecule has 0 N–H and O–H groups in total. The van der Waals surface area contributed by atoms with Gasteiger partial charge in [0, 0.05) is 43.4 Å². The third-order valence-corrected chi connectivity index (χ3v) is 5.45. The maximum absolute atomic E-state index is 11.0. The smallest absolute Gasteiger partial charge is 0.302 e. The molecule has 0 saturated carbocycles. The van der Waals surface area contributed by atoms with Crippen LogP contribution in [-0.4, -0.2) is 39.8 Å². The molecule has 2 aromatic heterocycles. The van der Waals surface area contributed by atoms with Crippen LogP contribution < -0.4 is 4.90 Å². The van der Waals surface area contributed by atoms with E-state index < -0.39 is 0 Å². The largest absolute Gasteiger partial charge is 0.462 e. The van der Waals surface area contributed by atoms with Crippen molar-refractivity contribution in [2.45, 2.75) is 25.9 Å². The SMILES string of the molecule is CC(=O)OC1CCN(c2nn3cc(-c4ccc(Cl)cc4)nc3s2)CC1. The second-order valence-corrected chi connectivity index (χ2v) is 7.41.